The number of fused-ring (bicyclic) bond motifs is 3. The van der Waals surface area contributed by atoms with Crippen LogP contribution in [0.15, 0.2) is 127 Å². The molecule has 2 nitrogen and oxygen atoms in total. The van der Waals surface area contributed by atoms with Crippen molar-refractivity contribution in [2.45, 2.75) is 38.9 Å². The van der Waals surface area contributed by atoms with Crippen LogP contribution in [0.4, 0.5) is 0 Å². The van der Waals surface area contributed by atoms with Gasteiger partial charge >= 0.3 is 7.12 Å². The average molecular weight is 532 g/mol. The molecule has 6 aromatic carbocycles. The van der Waals surface area contributed by atoms with Gasteiger partial charge in [0.25, 0.3) is 0 Å². The van der Waals surface area contributed by atoms with Crippen molar-refractivity contribution < 1.29 is 9.31 Å². The Balaban J connectivity index is 1.37. The van der Waals surface area contributed by atoms with Crippen LogP contribution in [0.1, 0.15) is 27.7 Å². The van der Waals surface area contributed by atoms with E-state index in [-0.39, 0.29) is 18.3 Å². The molecular formula is C38H33BO2. The van der Waals surface area contributed by atoms with Crippen molar-refractivity contribution in [2.24, 2.45) is 0 Å². The van der Waals surface area contributed by atoms with Gasteiger partial charge in [0.2, 0.25) is 0 Å². The highest BCUT2D eigenvalue weighted by Crippen LogP contribution is 2.40. The van der Waals surface area contributed by atoms with Gasteiger partial charge in [0.05, 0.1) is 11.2 Å². The monoisotopic (exact) mass is 532 g/mol. The van der Waals surface area contributed by atoms with Crippen molar-refractivity contribution in [3.63, 3.8) is 0 Å². The van der Waals surface area contributed by atoms with Gasteiger partial charge in [0.15, 0.2) is 0 Å². The molecule has 1 heterocycles. The first-order valence-corrected chi connectivity index (χ1v) is 14.4. The molecule has 0 N–H and O–H groups in total. The second kappa shape index (κ2) is 9.73. The number of benzene rings is 6. The third-order valence-electron chi connectivity index (χ3n) is 8.93. The van der Waals surface area contributed by atoms with Crippen LogP contribution in [-0.4, -0.2) is 18.3 Å². The topological polar surface area (TPSA) is 18.5 Å². The molecule has 0 atom stereocenters. The zero-order chi connectivity index (χ0) is 28.2. The maximum Gasteiger partial charge on any atom is 0.494 e. The van der Waals surface area contributed by atoms with Crippen molar-refractivity contribution in [2.75, 3.05) is 0 Å². The number of hydrogen-bond acceptors (Lipinski definition) is 2. The van der Waals surface area contributed by atoms with Crippen LogP contribution in [0, 0.1) is 0 Å². The summed E-state index contributed by atoms with van der Waals surface area (Å²) in [5, 5.41) is 5.08. The first-order valence-electron chi connectivity index (χ1n) is 14.4. The second-order valence-corrected chi connectivity index (χ2v) is 12.0. The molecule has 1 saturated heterocycles. The lowest BCUT2D eigenvalue weighted by Gasteiger charge is -2.32. The van der Waals surface area contributed by atoms with Crippen LogP contribution < -0.4 is 5.46 Å². The first-order chi connectivity index (χ1) is 19.8. The SMILES string of the molecule is CC1(C)OB(c2ccc(-c3cc(-c4cc5ccccc5c5ccccc45)ccc3-c3ccccc3)cc2)OC1(C)C. The van der Waals surface area contributed by atoms with Crippen LogP contribution in [-0.2, 0) is 9.31 Å². The summed E-state index contributed by atoms with van der Waals surface area (Å²) >= 11 is 0. The summed E-state index contributed by atoms with van der Waals surface area (Å²) in [6, 6.07) is 45.9. The Morgan fingerprint density at radius 2 is 1.00 bits per heavy atom. The third kappa shape index (κ3) is 4.46. The summed E-state index contributed by atoms with van der Waals surface area (Å²) in [6.45, 7) is 8.37. The molecule has 1 fully saturated rings. The fourth-order valence-corrected chi connectivity index (χ4v) is 5.91. The van der Waals surface area contributed by atoms with Crippen LogP contribution in [0.5, 0.6) is 0 Å². The standard InChI is InChI=1S/C38H33BO2/c1-37(2)38(3,4)41-39(40-37)30-21-18-27(19-22-30)35-25-29(20-23-32(35)26-12-6-5-7-13-26)36-24-28-14-8-9-15-31(28)33-16-10-11-17-34(33)36/h5-25H,1-4H3. The summed E-state index contributed by atoms with van der Waals surface area (Å²) in [5.41, 5.74) is 7.52. The van der Waals surface area contributed by atoms with Gasteiger partial charge in [-0.1, -0.05) is 115 Å². The molecule has 0 radical (unpaired) electrons. The highest BCUT2D eigenvalue weighted by atomic mass is 16.7. The highest BCUT2D eigenvalue weighted by Gasteiger charge is 2.51. The van der Waals surface area contributed by atoms with Gasteiger partial charge in [0.1, 0.15) is 0 Å². The molecule has 0 aliphatic carbocycles. The molecule has 0 unspecified atom stereocenters. The van der Waals surface area contributed by atoms with Gasteiger partial charge in [-0.25, -0.2) is 0 Å². The van der Waals surface area contributed by atoms with Crippen molar-refractivity contribution in [3.05, 3.63) is 127 Å². The smallest absolute Gasteiger partial charge is 0.399 e. The van der Waals surface area contributed by atoms with Crippen LogP contribution >= 0.6 is 0 Å². The number of hydrogen-bond donors (Lipinski definition) is 0. The lowest BCUT2D eigenvalue weighted by atomic mass is 9.78. The molecule has 0 bridgehead atoms. The maximum absolute atomic E-state index is 6.32. The average Bonchev–Trinajstić information content (AvgIpc) is 3.23. The van der Waals surface area contributed by atoms with Crippen LogP contribution in [0.3, 0.4) is 0 Å². The Labute approximate surface area is 242 Å². The minimum absolute atomic E-state index is 0.367. The summed E-state index contributed by atoms with van der Waals surface area (Å²) < 4.78 is 12.6. The zero-order valence-electron chi connectivity index (χ0n) is 24.0. The summed E-state index contributed by atoms with van der Waals surface area (Å²) in [6.07, 6.45) is 0. The van der Waals surface area contributed by atoms with Gasteiger partial charge in [-0.05, 0) is 100 Å². The maximum atomic E-state index is 6.32. The lowest BCUT2D eigenvalue weighted by molar-refractivity contribution is 0.00578. The molecule has 200 valence electrons. The molecule has 41 heavy (non-hydrogen) atoms. The Morgan fingerprint density at radius 3 is 1.71 bits per heavy atom. The molecule has 7 rings (SSSR count). The zero-order valence-corrected chi connectivity index (χ0v) is 24.0. The van der Waals surface area contributed by atoms with Crippen molar-refractivity contribution in [1.29, 1.82) is 0 Å². The van der Waals surface area contributed by atoms with Gasteiger partial charge < -0.3 is 9.31 Å². The van der Waals surface area contributed by atoms with E-state index in [0.29, 0.717) is 0 Å². The molecule has 1 aliphatic rings. The Morgan fingerprint density at radius 1 is 0.439 bits per heavy atom. The molecule has 0 aromatic heterocycles. The van der Waals surface area contributed by atoms with E-state index in [1.54, 1.807) is 0 Å². The predicted octanol–water partition coefficient (Wildman–Crippen LogP) is 9.29. The molecule has 3 heteroatoms. The Kier molecular flexibility index (Phi) is 6.12. The van der Waals surface area contributed by atoms with Crippen molar-refractivity contribution >= 4 is 34.1 Å². The lowest BCUT2D eigenvalue weighted by Crippen LogP contribution is -2.41. The van der Waals surface area contributed by atoms with E-state index in [1.807, 2.05) is 0 Å². The number of rotatable bonds is 4. The minimum atomic E-state index is -0.377. The van der Waals surface area contributed by atoms with Gasteiger partial charge in [-0.15, -0.1) is 0 Å². The summed E-state index contributed by atoms with van der Waals surface area (Å²) in [7, 11) is -0.377. The fraction of sp³-hybridized carbons (Fsp3) is 0.158. The second-order valence-electron chi connectivity index (χ2n) is 12.0. The Bertz CT molecular complexity index is 1870. The predicted molar refractivity (Wildman–Crippen MR) is 173 cm³/mol. The van der Waals surface area contributed by atoms with E-state index >= 15 is 0 Å². The quantitative estimate of drug-likeness (QED) is 0.166. The van der Waals surface area contributed by atoms with E-state index in [4.69, 9.17) is 9.31 Å². The molecule has 1 aliphatic heterocycles. The van der Waals surface area contributed by atoms with E-state index in [2.05, 4.69) is 155 Å². The van der Waals surface area contributed by atoms with Crippen molar-refractivity contribution in [1.82, 2.24) is 0 Å². The van der Waals surface area contributed by atoms with E-state index in [1.165, 1.54) is 49.4 Å². The van der Waals surface area contributed by atoms with Crippen LogP contribution in [0.25, 0.3) is 54.9 Å². The normalized spacial score (nSPS) is 16.0. The van der Waals surface area contributed by atoms with Crippen LogP contribution in [0.2, 0.25) is 0 Å². The van der Waals surface area contributed by atoms with Gasteiger partial charge in [0, 0.05) is 0 Å². The van der Waals surface area contributed by atoms with Gasteiger partial charge in [-0.2, -0.15) is 0 Å². The molecule has 0 spiro atoms. The Hall–Kier alpha value is -4.18. The molecule has 0 saturated carbocycles. The molecular weight excluding hydrogens is 499 g/mol. The third-order valence-corrected chi connectivity index (χ3v) is 8.93. The van der Waals surface area contributed by atoms with Gasteiger partial charge in [-0.3, -0.25) is 0 Å². The van der Waals surface area contributed by atoms with Crippen molar-refractivity contribution in [3.8, 4) is 33.4 Å². The fourth-order valence-electron chi connectivity index (χ4n) is 5.91. The minimum Gasteiger partial charge on any atom is -0.399 e. The molecule has 6 aromatic rings. The van der Waals surface area contributed by atoms with E-state index < -0.39 is 0 Å². The molecule has 0 amide bonds. The largest absolute Gasteiger partial charge is 0.494 e. The highest BCUT2D eigenvalue weighted by molar-refractivity contribution is 6.62. The first kappa shape index (κ1) is 25.8. The summed E-state index contributed by atoms with van der Waals surface area (Å²) in [5.74, 6) is 0. The van der Waals surface area contributed by atoms with E-state index in [0.717, 1.165) is 11.0 Å². The summed E-state index contributed by atoms with van der Waals surface area (Å²) in [4.78, 5) is 0. The van der Waals surface area contributed by atoms with E-state index in [9.17, 15) is 0 Å².